The summed E-state index contributed by atoms with van der Waals surface area (Å²) in [7, 11) is 0. The summed E-state index contributed by atoms with van der Waals surface area (Å²) in [5.74, 6) is 0. The van der Waals surface area contributed by atoms with Gasteiger partial charge in [0.1, 0.15) is 0 Å². The van der Waals surface area contributed by atoms with Crippen molar-refractivity contribution < 1.29 is 101 Å². The molecule has 4 radical (unpaired) electrons. The molecule has 20 rings (SSSR count). The van der Waals surface area contributed by atoms with Crippen LogP contribution in [0.2, 0.25) is 0 Å². The van der Waals surface area contributed by atoms with Crippen LogP contribution in [-0.4, -0.2) is 39.9 Å². The summed E-state index contributed by atoms with van der Waals surface area (Å²) in [6, 6.07) is 150. The van der Waals surface area contributed by atoms with Gasteiger partial charge in [-0.2, -0.15) is 0 Å². The van der Waals surface area contributed by atoms with Gasteiger partial charge in [0.15, 0.2) is 0 Å². The van der Waals surface area contributed by atoms with E-state index in [9.17, 15) is 0 Å². The molecular formula is C119H94Ir4N8-8. The number of pyridine rings is 8. The molecule has 654 valence electrons. The fourth-order valence-electron chi connectivity index (χ4n) is 12.7. The van der Waals surface area contributed by atoms with E-state index in [-0.39, 0.29) is 108 Å². The molecule has 0 amide bonds. The predicted molar refractivity (Wildman–Crippen MR) is 523 cm³/mol. The van der Waals surface area contributed by atoms with Crippen LogP contribution in [0, 0.1) is 96.6 Å². The summed E-state index contributed by atoms with van der Waals surface area (Å²) in [5, 5.41) is 0. The Kier molecular flexibility index (Phi) is 33.7. The van der Waals surface area contributed by atoms with E-state index in [1.54, 1.807) is 72.8 Å². The largest absolute Gasteiger partial charge is 0.305 e. The van der Waals surface area contributed by atoms with Gasteiger partial charge in [-0.1, -0.05) is 194 Å². The zero-order valence-electron chi connectivity index (χ0n) is 86.1. The van der Waals surface area contributed by atoms with Crippen molar-refractivity contribution in [3.63, 3.8) is 0 Å². The quantitative estimate of drug-likeness (QED) is 0.111. The van der Waals surface area contributed by atoms with E-state index >= 15 is 0 Å². The molecule has 0 saturated heterocycles. The monoisotopic (exact) mass is 2420 g/mol. The number of aromatic nitrogens is 8. The molecule has 0 bridgehead atoms. The first kappa shape index (κ1) is 80.7. The maximum atomic E-state index is 7.72. The van der Waals surface area contributed by atoms with Crippen LogP contribution in [0.25, 0.3) is 135 Å². The average Bonchev–Trinajstić information content (AvgIpc) is 0.785. The van der Waals surface area contributed by atoms with Crippen molar-refractivity contribution in [3.8, 4) is 135 Å². The second-order valence-electron chi connectivity index (χ2n) is 28.2. The van der Waals surface area contributed by atoms with E-state index in [0.29, 0.717) is 11.3 Å². The van der Waals surface area contributed by atoms with E-state index in [4.69, 9.17) is 20.6 Å². The molecule has 0 saturated carbocycles. The van der Waals surface area contributed by atoms with Crippen molar-refractivity contribution in [1.29, 1.82) is 0 Å². The molecule has 0 fully saturated rings. The summed E-state index contributed by atoms with van der Waals surface area (Å²) in [6.07, 6.45) is 12.7. The molecule has 0 aliphatic rings. The second kappa shape index (κ2) is 54.7. The third-order valence-electron chi connectivity index (χ3n) is 19.2. The minimum atomic E-state index is -2.20. The van der Waals surface area contributed by atoms with E-state index in [2.05, 4.69) is 181 Å². The van der Waals surface area contributed by atoms with Crippen molar-refractivity contribution in [2.45, 2.75) is 48.1 Å². The first-order valence-electron chi connectivity index (χ1n) is 48.2. The fourth-order valence-corrected chi connectivity index (χ4v) is 12.7. The Morgan fingerprint density at radius 3 is 0.748 bits per heavy atom. The van der Waals surface area contributed by atoms with E-state index in [1.165, 1.54) is 69.9 Å². The molecule has 0 spiro atoms. The van der Waals surface area contributed by atoms with Crippen molar-refractivity contribution >= 4 is 0 Å². The first-order chi connectivity index (χ1) is 68.5. The molecule has 131 heavy (non-hydrogen) atoms. The standard InChI is InChI=1S/3C18H14N.C17H12N.4C12H10N.4Ir/c2*1-14-13-19-18(16-10-6-3-7-11-16)12-17(14)15-8-4-2-5-9-15;1-14-7-5-6-10-17(14)16-11-12-18(19-13-16)15-8-3-2-4-9-15;1-3-7-14(8-4-1)16-11-12-18-17(13-16)15-9-5-2-6-10-15;4*1-10-7-8-12(13-9-10)11-5-3-2-4-6-11;;;;/h2*2-10,12-13H,1H3;2-8,10-13H,1H3;1-9,11-13H;4*2-5,7-9H,1H3;;;;/q8*-1;;;;/i1D3;;;;4*1D3;;;;. The number of hydrogen-bond acceptors (Lipinski definition) is 8. The third kappa shape index (κ3) is 31.7. The Balaban J connectivity index is 0.000000185. The maximum Gasteiger partial charge on any atom is 0.0280 e. The fraction of sp³-hybridized carbons (Fsp3) is 0.0588. The van der Waals surface area contributed by atoms with Gasteiger partial charge in [-0.3, -0.25) is 0 Å². The molecule has 8 nitrogen and oxygen atoms in total. The Morgan fingerprint density at radius 2 is 0.458 bits per heavy atom. The van der Waals surface area contributed by atoms with Crippen LogP contribution in [-0.2, 0) is 80.4 Å². The zero-order valence-corrected chi connectivity index (χ0v) is 80.6. The Labute approximate surface area is 848 Å². The van der Waals surface area contributed by atoms with Crippen LogP contribution < -0.4 is 0 Å². The predicted octanol–water partition coefficient (Wildman–Crippen LogP) is 29.2. The molecule has 0 atom stereocenters. The van der Waals surface area contributed by atoms with E-state index in [0.717, 1.165) is 95.5 Å². The molecule has 8 aromatic heterocycles. The van der Waals surface area contributed by atoms with Gasteiger partial charge in [-0.15, -0.1) is 287 Å². The average molecular weight is 2420 g/mol. The van der Waals surface area contributed by atoms with Gasteiger partial charge >= 0.3 is 0 Å². The summed E-state index contributed by atoms with van der Waals surface area (Å²) >= 11 is 0. The maximum absolute atomic E-state index is 7.72. The number of aryl methyl sites for hydroxylation is 7. The Hall–Kier alpha value is -13.6. The van der Waals surface area contributed by atoms with Gasteiger partial charge in [-0.25, -0.2) is 0 Å². The molecule has 20 aromatic rings. The Bertz CT molecular complexity index is 6800. The van der Waals surface area contributed by atoms with E-state index in [1.807, 2.05) is 261 Å². The Morgan fingerprint density at radius 1 is 0.183 bits per heavy atom. The van der Waals surface area contributed by atoms with Crippen LogP contribution in [0.3, 0.4) is 0 Å². The van der Waals surface area contributed by atoms with Gasteiger partial charge in [-0.05, 0) is 183 Å². The number of rotatable bonds is 12. The molecular weight excluding hydrogens is 2310 g/mol. The number of hydrogen-bond donors (Lipinski definition) is 0. The third-order valence-corrected chi connectivity index (χ3v) is 19.2. The van der Waals surface area contributed by atoms with Gasteiger partial charge in [0.2, 0.25) is 0 Å². The van der Waals surface area contributed by atoms with Gasteiger partial charge in [0.05, 0.1) is 0 Å². The van der Waals surface area contributed by atoms with Crippen LogP contribution >= 0.6 is 0 Å². The first-order valence-corrected chi connectivity index (χ1v) is 40.7. The summed E-state index contributed by atoms with van der Waals surface area (Å²) in [4.78, 5) is 34.2. The van der Waals surface area contributed by atoms with Gasteiger partial charge < -0.3 is 39.9 Å². The number of nitrogens with zero attached hydrogens (tertiary/aromatic N) is 8. The molecule has 0 aliphatic heterocycles. The SMILES string of the molecule is Cc1ccccc1-c1ccc(-c2[c-]cccc2)nc1.Cc1cnc(-c2[c-]cccc2)cc1-c1ccccc1.[2H]C([2H])([2H])c1ccc(-c2[c-]cccc2)nc1.[2H]C([2H])([2H])c1ccc(-c2[c-]cccc2)nc1.[2H]C([2H])([2H])c1ccc(-c2[c-]cccc2)nc1.[2H]C([2H])([2H])c1ccc(-c2[c-]cccc2)nc1.[2H]C([2H])([2H])c1cnc(-c2[c-]cccc2)cc1-c1ccccc1.[Ir].[Ir].[Ir].[Ir].[c-]1ccccc1-c1cc(-c2ccccc2)ccn1. The van der Waals surface area contributed by atoms with Crippen LogP contribution in [0.15, 0.2) is 444 Å². The van der Waals surface area contributed by atoms with Gasteiger partial charge in [0, 0.05) is 151 Å². The second-order valence-corrected chi connectivity index (χ2v) is 28.2. The number of benzene rings is 12. The summed E-state index contributed by atoms with van der Waals surface area (Å²) < 4.78 is 110. The van der Waals surface area contributed by atoms with Crippen LogP contribution in [0.1, 0.15) is 59.5 Å². The molecule has 0 unspecified atom stereocenters. The topological polar surface area (TPSA) is 103 Å². The van der Waals surface area contributed by atoms with Crippen molar-refractivity contribution in [3.05, 3.63) is 531 Å². The normalized spacial score (nSPS) is 12.0. The minimum absolute atomic E-state index is 0. The van der Waals surface area contributed by atoms with Crippen molar-refractivity contribution in [2.75, 3.05) is 0 Å². The smallest absolute Gasteiger partial charge is 0.0280 e. The molecule has 12 heteroatoms. The summed E-state index contributed by atoms with van der Waals surface area (Å²) in [5.41, 5.74) is 26.4. The molecule has 0 aliphatic carbocycles. The van der Waals surface area contributed by atoms with Crippen molar-refractivity contribution in [1.82, 2.24) is 39.9 Å². The van der Waals surface area contributed by atoms with E-state index < -0.39 is 34.3 Å². The molecule has 8 heterocycles. The summed E-state index contributed by atoms with van der Waals surface area (Å²) in [6.45, 7) is -6.35. The van der Waals surface area contributed by atoms with Crippen LogP contribution in [0.5, 0.6) is 0 Å². The van der Waals surface area contributed by atoms with Gasteiger partial charge in [0.25, 0.3) is 0 Å². The molecule has 12 aromatic carbocycles. The van der Waals surface area contributed by atoms with Crippen LogP contribution in [0.4, 0.5) is 0 Å². The zero-order chi connectivity index (χ0) is 100. The minimum Gasteiger partial charge on any atom is -0.305 e. The van der Waals surface area contributed by atoms with Crippen molar-refractivity contribution in [2.24, 2.45) is 0 Å². The molecule has 0 N–H and O–H groups in total.